The molecule has 2 aromatic rings. The maximum atomic E-state index is 12.9. The summed E-state index contributed by atoms with van der Waals surface area (Å²) >= 11 is 0. The molecule has 2 heterocycles. The maximum Gasteiger partial charge on any atom is 0.123 e. The van der Waals surface area contributed by atoms with Crippen LogP contribution >= 0.6 is 0 Å². The standard InChI is InChI=1S/C14H16FN3/c15-13-5-3-11(4-6-13)14-12(9-16-17-14)10-18-7-1-2-8-18/h3-6,9H,1-2,7-8,10H2,(H,16,17). The van der Waals surface area contributed by atoms with Crippen LogP contribution in [0.1, 0.15) is 18.4 Å². The number of hydrogen-bond acceptors (Lipinski definition) is 2. The molecule has 0 saturated carbocycles. The minimum atomic E-state index is -0.209. The van der Waals surface area contributed by atoms with Gasteiger partial charge in [0.2, 0.25) is 0 Å². The molecule has 0 aliphatic carbocycles. The molecule has 1 fully saturated rings. The van der Waals surface area contributed by atoms with Gasteiger partial charge in [0.1, 0.15) is 5.82 Å². The minimum absolute atomic E-state index is 0.209. The van der Waals surface area contributed by atoms with Gasteiger partial charge in [-0.05, 0) is 50.2 Å². The molecule has 0 atom stereocenters. The van der Waals surface area contributed by atoms with Crippen LogP contribution in [0.5, 0.6) is 0 Å². The lowest BCUT2D eigenvalue weighted by Crippen LogP contribution is -2.18. The highest BCUT2D eigenvalue weighted by Gasteiger charge is 2.15. The molecule has 1 aromatic heterocycles. The highest BCUT2D eigenvalue weighted by atomic mass is 19.1. The maximum absolute atomic E-state index is 12.9. The molecule has 4 heteroatoms. The van der Waals surface area contributed by atoms with Crippen LogP contribution in [0.4, 0.5) is 4.39 Å². The van der Waals surface area contributed by atoms with E-state index in [9.17, 15) is 4.39 Å². The number of nitrogens with one attached hydrogen (secondary N) is 1. The fraction of sp³-hybridized carbons (Fsp3) is 0.357. The van der Waals surface area contributed by atoms with E-state index < -0.39 is 0 Å². The van der Waals surface area contributed by atoms with Gasteiger partial charge >= 0.3 is 0 Å². The third-order valence-corrected chi connectivity index (χ3v) is 3.44. The summed E-state index contributed by atoms with van der Waals surface area (Å²) in [5.74, 6) is -0.209. The summed E-state index contributed by atoms with van der Waals surface area (Å²) < 4.78 is 12.9. The molecule has 0 spiro atoms. The first-order valence-corrected chi connectivity index (χ1v) is 6.33. The van der Waals surface area contributed by atoms with E-state index in [4.69, 9.17) is 0 Å². The number of likely N-dealkylation sites (tertiary alicyclic amines) is 1. The number of nitrogens with zero attached hydrogens (tertiary/aromatic N) is 2. The number of benzene rings is 1. The van der Waals surface area contributed by atoms with Crippen LogP contribution in [-0.4, -0.2) is 28.2 Å². The highest BCUT2D eigenvalue weighted by Crippen LogP contribution is 2.23. The van der Waals surface area contributed by atoms with Crippen LogP contribution in [0.15, 0.2) is 30.5 Å². The van der Waals surface area contributed by atoms with E-state index >= 15 is 0 Å². The third kappa shape index (κ3) is 2.29. The zero-order chi connectivity index (χ0) is 12.4. The molecule has 1 aliphatic heterocycles. The second-order valence-electron chi connectivity index (χ2n) is 4.76. The lowest BCUT2D eigenvalue weighted by molar-refractivity contribution is 0.332. The number of H-pyrrole nitrogens is 1. The van der Waals surface area contributed by atoms with Gasteiger partial charge in [-0.1, -0.05) is 0 Å². The molecule has 94 valence electrons. The first-order chi connectivity index (χ1) is 8.83. The zero-order valence-electron chi connectivity index (χ0n) is 10.2. The SMILES string of the molecule is Fc1ccc(-c2[nH]ncc2CN2CCCC2)cc1. The van der Waals surface area contributed by atoms with Crippen molar-refractivity contribution in [3.63, 3.8) is 0 Å². The van der Waals surface area contributed by atoms with E-state index in [1.54, 1.807) is 12.1 Å². The monoisotopic (exact) mass is 245 g/mol. The predicted molar refractivity (Wildman–Crippen MR) is 68.5 cm³/mol. The van der Waals surface area contributed by atoms with Crippen molar-refractivity contribution < 1.29 is 4.39 Å². The Labute approximate surface area is 106 Å². The normalized spacial score (nSPS) is 16.3. The third-order valence-electron chi connectivity index (χ3n) is 3.44. The van der Waals surface area contributed by atoms with Crippen molar-refractivity contribution in [3.8, 4) is 11.3 Å². The molecule has 1 N–H and O–H groups in total. The topological polar surface area (TPSA) is 31.9 Å². The molecule has 1 aromatic carbocycles. The number of aromatic amines is 1. The first kappa shape index (κ1) is 11.4. The number of rotatable bonds is 3. The van der Waals surface area contributed by atoms with Crippen molar-refractivity contribution in [2.75, 3.05) is 13.1 Å². The molecule has 3 nitrogen and oxygen atoms in total. The summed E-state index contributed by atoms with van der Waals surface area (Å²) in [4.78, 5) is 2.43. The summed E-state index contributed by atoms with van der Waals surface area (Å²) in [6, 6.07) is 6.54. The Balaban J connectivity index is 1.84. The van der Waals surface area contributed by atoms with Crippen molar-refractivity contribution in [1.82, 2.24) is 15.1 Å². The van der Waals surface area contributed by atoms with Crippen LogP contribution in [0.2, 0.25) is 0 Å². The Hall–Kier alpha value is -1.68. The minimum Gasteiger partial charge on any atom is -0.299 e. The van der Waals surface area contributed by atoms with Gasteiger partial charge in [-0.2, -0.15) is 5.10 Å². The van der Waals surface area contributed by atoms with Crippen molar-refractivity contribution in [2.24, 2.45) is 0 Å². The van der Waals surface area contributed by atoms with Gasteiger partial charge in [-0.3, -0.25) is 10.00 Å². The quantitative estimate of drug-likeness (QED) is 0.901. The van der Waals surface area contributed by atoms with Crippen molar-refractivity contribution >= 4 is 0 Å². The van der Waals surface area contributed by atoms with E-state index in [1.165, 1.54) is 30.5 Å². The van der Waals surface area contributed by atoms with Crippen LogP contribution in [0.25, 0.3) is 11.3 Å². The Bertz CT molecular complexity index is 512. The summed E-state index contributed by atoms with van der Waals surface area (Å²) in [6.07, 6.45) is 4.43. The Morgan fingerprint density at radius 2 is 1.89 bits per heavy atom. The molecule has 1 aliphatic rings. The van der Waals surface area contributed by atoms with Gasteiger partial charge in [0.25, 0.3) is 0 Å². The van der Waals surface area contributed by atoms with Gasteiger partial charge in [0.05, 0.1) is 11.9 Å². The van der Waals surface area contributed by atoms with Gasteiger partial charge in [-0.25, -0.2) is 4.39 Å². The highest BCUT2D eigenvalue weighted by molar-refractivity contribution is 5.62. The smallest absolute Gasteiger partial charge is 0.123 e. The van der Waals surface area contributed by atoms with Crippen LogP contribution in [0.3, 0.4) is 0 Å². The Morgan fingerprint density at radius 1 is 1.17 bits per heavy atom. The average Bonchev–Trinajstić information content (AvgIpc) is 3.02. The number of aromatic nitrogens is 2. The Kier molecular flexibility index (Phi) is 3.11. The van der Waals surface area contributed by atoms with Crippen molar-refractivity contribution in [2.45, 2.75) is 19.4 Å². The molecule has 0 unspecified atom stereocenters. The molecule has 0 radical (unpaired) electrons. The van der Waals surface area contributed by atoms with Crippen LogP contribution < -0.4 is 0 Å². The molecular formula is C14H16FN3. The second kappa shape index (κ2) is 4.90. The van der Waals surface area contributed by atoms with Gasteiger partial charge in [-0.15, -0.1) is 0 Å². The molecule has 1 saturated heterocycles. The largest absolute Gasteiger partial charge is 0.299 e. The van der Waals surface area contributed by atoms with Crippen LogP contribution in [-0.2, 0) is 6.54 Å². The lowest BCUT2D eigenvalue weighted by atomic mass is 10.1. The molecule has 18 heavy (non-hydrogen) atoms. The zero-order valence-corrected chi connectivity index (χ0v) is 10.2. The van der Waals surface area contributed by atoms with Gasteiger partial charge < -0.3 is 0 Å². The van der Waals surface area contributed by atoms with E-state index in [0.29, 0.717) is 0 Å². The van der Waals surface area contributed by atoms with E-state index in [0.717, 1.165) is 30.9 Å². The summed E-state index contributed by atoms with van der Waals surface area (Å²) in [5, 5.41) is 7.13. The first-order valence-electron chi connectivity index (χ1n) is 6.33. The molecular weight excluding hydrogens is 229 g/mol. The van der Waals surface area contributed by atoms with Crippen molar-refractivity contribution in [3.05, 3.63) is 41.8 Å². The fourth-order valence-electron chi connectivity index (χ4n) is 2.48. The number of hydrogen-bond donors (Lipinski definition) is 1. The van der Waals surface area contributed by atoms with Crippen LogP contribution in [0, 0.1) is 5.82 Å². The summed E-state index contributed by atoms with van der Waals surface area (Å²) in [6.45, 7) is 3.24. The fourth-order valence-corrected chi connectivity index (χ4v) is 2.48. The predicted octanol–water partition coefficient (Wildman–Crippen LogP) is 2.81. The van der Waals surface area contributed by atoms with E-state index in [1.807, 2.05) is 6.20 Å². The molecule has 0 amide bonds. The molecule has 3 rings (SSSR count). The average molecular weight is 245 g/mol. The Morgan fingerprint density at radius 3 is 2.61 bits per heavy atom. The molecule has 0 bridgehead atoms. The van der Waals surface area contributed by atoms with Gasteiger partial charge in [0.15, 0.2) is 0 Å². The number of halogens is 1. The summed E-state index contributed by atoms with van der Waals surface area (Å²) in [5.41, 5.74) is 3.17. The lowest BCUT2D eigenvalue weighted by Gasteiger charge is -2.14. The van der Waals surface area contributed by atoms with Gasteiger partial charge in [0, 0.05) is 17.7 Å². The van der Waals surface area contributed by atoms with E-state index in [2.05, 4.69) is 15.1 Å². The summed E-state index contributed by atoms with van der Waals surface area (Å²) in [7, 11) is 0. The second-order valence-corrected chi connectivity index (χ2v) is 4.76. The van der Waals surface area contributed by atoms with Crippen molar-refractivity contribution in [1.29, 1.82) is 0 Å². The van der Waals surface area contributed by atoms with E-state index in [-0.39, 0.29) is 5.82 Å².